The quantitative estimate of drug-likeness (QED) is 0.866. The molecule has 0 saturated carbocycles. The molecule has 1 aliphatic heterocycles. The summed E-state index contributed by atoms with van der Waals surface area (Å²) in [6.45, 7) is 6.21. The molecule has 1 N–H and O–H groups in total. The number of halogens is 2. The van der Waals surface area contributed by atoms with Crippen LogP contribution in [0.1, 0.15) is 12.5 Å². The summed E-state index contributed by atoms with van der Waals surface area (Å²) in [5.74, 6) is -0.728. The van der Waals surface area contributed by atoms with Crippen LogP contribution in [-0.2, 0) is 11.3 Å². The van der Waals surface area contributed by atoms with Crippen LogP contribution in [0, 0.1) is 5.82 Å². The number of anilines is 1. The van der Waals surface area contributed by atoms with Crippen LogP contribution in [-0.4, -0.2) is 47.9 Å². The molecule has 26 heavy (non-hydrogen) atoms. The van der Waals surface area contributed by atoms with Crippen molar-refractivity contribution in [3.63, 3.8) is 0 Å². The molecule has 4 nitrogen and oxygen atoms in total. The number of rotatable bonds is 5. The Labute approximate surface area is 158 Å². The second-order valence-electron chi connectivity index (χ2n) is 6.59. The lowest BCUT2D eigenvalue weighted by Crippen LogP contribution is -2.52. The summed E-state index contributed by atoms with van der Waals surface area (Å²) in [4.78, 5) is 17.0. The minimum Gasteiger partial charge on any atom is -0.322 e. The lowest BCUT2D eigenvalue weighted by atomic mass is 10.1. The first-order valence-corrected chi connectivity index (χ1v) is 9.17. The Kier molecular flexibility index (Phi) is 6.25. The van der Waals surface area contributed by atoms with Gasteiger partial charge in [0.1, 0.15) is 5.82 Å². The highest BCUT2D eigenvalue weighted by atomic mass is 35.5. The lowest BCUT2D eigenvalue weighted by Gasteiger charge is -2.37. The number of carbonyl (C=O) groups is 1. The Morgan fingerprint density at radius 2 is 1.85 bits per heavy atom. The average Bonchev–Trinajstić information content (AvgIpc) is 2.65. The van der Waals surface area contributed by atoms with E-state index in [4.69, 9.17) is 11.6 Å². The first-order valence-electron chi connectivity index (χ1n) is 8.79. The van der Waals surface area contributed by atoms with Gasteiger partial charge in [-0.2, -0.15) is 0 Å². The second kappa shape index (κ2) is 8.62. The minimum atomic E-state index is -0.522. The number of carbonyl (C=O) groups excluding carboxylic acids is 1. The summed E-state index contributed by atoms with van der Waals surface area (Å²) in [5.41, 5.74) is 1.46. The molecule has 1 amide bonds. The standard InChI is InChI=1S/C20H23ClFN3O/c1-15(20(26)23-19-8-7-17(21)13-18(19)22)25-11-9-24(10-12-25)14-16-5-3-2-4-6-16/h2-8,13,15H,9-12,14H2,1H3,(H,23,26)/t15-/m1/s1. The third kappa shape index (κ3) is 4.81. The summed E-state index contributed by atoms with van der Waals surface area (Å²) in [6, 6.07) is 14.3. The molecule has 2 aromatic rings. The van der Waals surface area contributed by atoms with E-state index < -0.39 is 5.82 Å². The smallest absolute Gasteiger partial charge is 0.241 e. The predicted octanol–water partition coefficient (Wildman–Crippen LogP) is 3.62. The number of hydrogen-bond donors (Lipinski definition) is 1. The van der Waals surface area contributed by atoms with Crippen LogP contribution in [0.3, 0.4) is 0 Å². The molecule has 1 atom stereocenters. The third-order valence-electron chi connectivity index (χ3n) is 4.77. The summed E-state index contributed by atoms with van der Waals surface area (Å²) in [6.07, 6.45) is 0. The van der Waals surface area contributed by atoms with Crippen LogP contribution in [0.4, 0.5) is 10.1 Å². The number of benzene rings is 2. The molecule has 2 aromatic carbocycles. The van der Waals surface area contributed by atoms with Gasteiger partial charge >= 0.3 is 0 Å². The predicted molar refractivity (Wildman–Crippen MR) is 103 cm³/mol. The van der Waals surface area contributed by atoms with Crippen molar-refractivity contribution in [3.8, 4) is 0 Å². The van der Waals surface area contributed by atoms with Gasteiger partial charge in [-0.05, 0) is 30.7 Å². The molecule has 6 heteroatoms. The van der Waals surface area contributed by atoms with E-state index in [9.17, 15) is 9.18 Å². The van der Waals surface area contributed by atoms with Gasteiger partial charge < -0.3 is 5.32 Å². The Morgan fingerprint density at radius 1 is 1.15 bits per heavy atom. The van der Waals surface area contributed by atoms with Crippen LogP contribution < -0.4 is 5.32 Å². The van der Waals surface area contributed by atoms with Gasteiger partial charge in [0.2, 0.25) is 5.91 Å². The Bertz CT molecular complexity index is 748. The Morgan fingerprint density at radius 3 is 2.50 bits per heavy atom. The zero-order valence-electron chi connectivity index (χ0n) is 14.8. The molecule has 0 bridgehead atoms. The monoisotopic (exact) mass is 375 g/mol. The molecule has 1 heterocycles. The highest BCUT2D eigenvalue weighted by Crippen LogP contribution is 2.19. The zero-order valence-corrected chi connectivity index (χ0v) is 15.5. The van der Waals surface area contributed by atoms with Crippen molar-refractivity contribution < 1.29 is 9.18 Å². The summed E-state index contributed by atoms with van der Waals surface area (Å²) < 4.78 is 13.9. The molecule has 0 radical (unpaired) electrons. The highest BCUT2D eigenvalue weighted by molar-refractivity contribution is 6.30. The van der Waals surface area contributed by atoms with E-state index in [1.54, 1.807) is 6.07 Å². The summed E-state index contributed by atoms with van der Waals surface area (Å²) in [5, 5.41) is 2.97. The normalized spacial score (nSPS) is 17.0. The molecular weight excluding hydrogens is 353 g/mol. The van der Waals surface area contributed by atoms with Crippen molar-refractivity contribution >= 4 is 23.2 Å². The third-order valence-corrected chi connectivity index (χ3v) is 5.01. The van der Waals surface area contributed by atoms with Crippen molar-refractivity contribution in [3.05, 3.63) is 64.9 Å². The fourth-order valence-corrected chi connectivity index (χ4v) is 3.30. The van der Waals surface area contributed by atoms with Crippen molar-refractivity contribution in [1.82, 2.24) is 9.80 Å². The summed E-state index contributed by atoms with van der Waals surface area (Å²) >= 11 is 5.74. The molecule has 138 valence electrons. The first-order chi connectivity index (χ1) is 12.5. The van der Waals surface area contributed by atoms with E-state index in [1.165, 1.54) is 17.7 Å². The van der Waals surface area contributed by atoms with Crippen molar-refractivity contribution in [2.24, 2.45) is 0 Å². The zero-order chi connectivity index (χ0) is 18.5. The maximum absolute atomic E-state index is 13.9. The molecule has 3 rings (SSSR count). The van der Waals surface area contributed by atoms with Gasteiger partial charge in [-0.15, -0.1) is 0 Å². The molecule has 1 saturated heterocycles. The number of nitrogens with one attached hydrogen (secondary N) is 1. The average molecular weight is 376 g/mol. The van der Waals surface area contributed by atoms with E-state index in [0.717, 1.165) is 32.7 Å². The number of amides is 1. The molecular formula is C20H23ClFN3O. The van der Waals surface area contributed by atoms with Crippen molar-refractivity contribution in [1.29, 1.82) is 0 Å². The Balaban J connectivity index is 1.51. The maximum atomic E-state index is 13.9. The van der Waals surface area contributed by atoms with E-state index in [2.05, 4.69) is 27.2 Å². The topological polar surface area (TPSA) is 35.6 Å². The van der Waals surface area contributed by atoms with Crippen LogP contribution >= 0.6 is 11.6 Å². The number of nitrogens with zero attached hydrogens (tertiary/aromatic N) is 2. The first kappa shape index (κ1) is 18.8. The lowest BCUT2D eigenvalue weighted by molar-refractivity contribution is -0.121. The highest BCUT2D eigenvalue weighted by Gasteiger charge is 2.26. The SMILES string of the molecule is C[C@H](C(=O)Nc1ccc(Cl)cc1F)N1CCN(Cc2ccccc2)CC1. The van der Waals surface area contributed by atoms with Gasteiger partial charge in [0.25, 0.3) is 0 Å². The molecule has 0 aliphatic carbocycles. The van der Waals surface area contributed by atoms with Gasteiger partial charge in [0, 0.05) is 37.7 Å². The van der Waals surface area contributed by atoms with Gasteiger partial charge in [-0.1, -0.05) is 41.9 Å². The van der Waals surface area contributed by atoms with E-state index in [0.29, 0.717) is 5.02 Å². The molecule has 1 aliphatic rings. The van der Waals surface area contributed by atoms with Crippen LogP contribution in [0.15, 0.2) is 48.5 Å². The van der Waals surface area contributed by atoms with Gasteiger partial charge in [-0.3, -0.25) is 14.6 Å². The second-order valence-corrected chi connectivity index (χ2v) is 7.02. The van der Waals surface area contributed by atoms with Crippen LogP contribution in [0.25, 0.3) is 0 Å². The number of piperazine rings is 1. The Hall–Kier alpha value is -1.95. The number of hydrogen-bond acceptors (Lipinski definition) is 3. The van der Waals surface area contributed by atoms with Gasteiger partial charge in [-0.25, -0.2) is 4.39 Å². The van der Waals surface area contributed by atoms with E-state index in [1.807, 2.05) is 25.1 Å². The fraction of sp³-hybridized carbons (Fsp3) is 0.350. The minimum absolute atomic E-state index is 0.161. The van der Waals surface area contributed by atoms with Crippen LogP contribution in [0.2, 0.25) is 5.02 Å². The van der Waals surface area contributed by atoms with E-state index >= 15 is 0 Å². The molecule has 0 spiro atoms. The molecule has 0 unspecified atom stereocenters. The fourth-order valence-electron chi connectivity index (χ4n) is 3.14. The summed E-state index contributed by atoms with van der Waals surface area (Å²) in [7, 11) is 0. The van der Waals surface area contributed by atoms with E-state index in [-0.39, 0.29) is 17.6 Å². The van der Waals surface area contributed by atoms with Gasteiger partial charge in [0.05, 0.1) is 11.7 Å². The van der Waals surface area contributed by atoms with Crippen molar-refractivity contribution in [2.45, 2.75) is 19.5 Å². The van der Waals surface area contributed by atoms with Gasteiger partial charge in [0.15, 0.2) is 0 Å². The molecule has 0 aromatic heterocycles. The van der Waals surface area contributed by atoms with Crippen molar-refractivity contribution in [2.75, 3.05) is 31.5 Å². The molecule has 1 fully saturated rings. The van der Waals surface area contributed by atoms with Crippen LogP contribution in [0.5, 0.6) is 0 Å². The largest absolute Gasteiger partial charge is 0.322 e. The maximum Gasteiger partial charge on any atom is 0.241 e.